The number of rotatable bonds is 4. The van der Waals surface area contributed by atoms with Crippen molar-refractivity contribution < 1.29 is 0 Å². The van der Waals surface area contributed by atoms with Crippen molar-refractivity contribution in [3.8, 4) is 0 Å². The molecule has 0 amide bonds. The van der Waals surface area contributed by atoms with Crippen LogP contribution in [0.25, 0.3) is 0 Å². The molecule has 0 saturated heterocycles. The maximum atomic E-state index is 6.01. The van der Waals surface area contributed by atoms with Crippen molar-refractivity contribution in [2.75, 3.05) is 18.0 Å². The van der Waals surface area contributed by atoms with E-state index >= 15 is 0 Å². The predicted octanol–water partition coefficient (Wildman–Crippen LogP) is 3.70. The van der Waals surface area contributed by atoms with Gasteiger partial charge in [0, 0.05) is 13.1 Å². The molecule has 1 heterocycles. The third-order valence-corrected chi connectivity index (χ3v) is 2.75. The van der Waals surface area contributed by atoms with E-state index < -0.39 is 0 Å². The van der Waals surface area contributed by atoms with Gasteiger partial charge in [0.2, 0.25) is 0 Å². The fraction of sp³-hybridized carbons (Fsp3) is 0.583. The Balaban J connectivity index is 3.07. The summed E-state index contributed by atoms with van der Waals surface area (Å²) < 4.78 is 0. The molecule has 15 heavy (non-hydrogen) atoms. The average Bonchev–Trinajstić information content (AvgIpc) is 2.18. The largest absolute Gasteiger partial charge is 0.357 e. The van der Waals surface area contributed by atoms with Crippen LogP contribution in [0.2, 0.25) is 5.15 Å². The lowest BCUT2D eigenvalue weighted by molar-refractivity contribution is 0.827. The standard InChI is InChI=1S/C12H19ClN2/c1-5-15(6-2)12-8-10(9(3)4)7-11(13)14-12/h7-9H,5-6H2,1-4H3. The molecule has 84 valence electrons. The topological polar surface area (TPSA) is 16.1 Å². The Labute approximate surface area is 97.3 Å². The van der Waals surface area contributed by atoms with Crippen LogP contribution in [0.1, 0.15) is 39.2 Å². The van der Waals surface area contributed by atoms with Crippen LogP contribution in [-0.2, 0) is 0 Å². The zero-order valence-electron chi connectivity index (χ0n) is 9.92. The van der Waals surface area contributed by atoms with E-state index in [9.17, 15) is 0 Å². The molecule has 2 nitrogen and oxygen atoms in total. The molecule has 1 rings (SSSR count). The van der Waals surface area contributed by atoms with E-state index in [0.29, 0.717) is 11.1 Å². The third-order valence-electron chi connectivity index (χ3n) is 2.56. The summed E-state index contributed by atoms with van der Waals surface area (Å²) in [7, 11) is 0. The van der Waals surface area contributed by atoms with Crippen LogP contribution < -0.4 is 4.90 Å². The molecule has 0 aliphatic carbocycles. The van der Waals surface area contributed by atoms with Crippen LogP contribution in [0.15, 0.2) is 12.1 Å². The van der Waals surface area contributed by atoms with Gasteiger partial charge >= 0.3 is 0 Å². The van der Waals surface area contributed by atoms with Gasteiger partial charge in [0.25, 0.3) is 0 Å². The molecule has 0 bridgehead atoms. The third kappa shape index (κ3) is 3.10. The summed E-state index contributed by atoms with van der Waals surface area (Å²) in [5.41, 5.74) is 1.25. The molecule has 1 aromatic rings. The predicted molar refractivity (Wildman–Crippen MR) is 66.9 cm³/mol. The van der Waals surface area contributed by atoms with E-state index in [4.69, 9.17) is 11.6 Å². The van der Waals surface area contributed by atoms with Gasteiger partial charge in [-0.05, 0) is 37.5 Å². The normalized spacial score (nSPS) is 10.8. The molecule has 0 aliphatic rings. The number of aromatic nitrogens is 1. The Hall–Kier alpha value is -0.760. The molecule has 0 aliphatic heterocycles. The number of pyridine rings is 1. The number of hydrogen-bond donors (Lipinski definition) is 0. The van der Waals surface area contributed by atoms with Crippen molar-refractivity contribution in [1.29, 1.82) is 0 Å². The summed E-state index contributed by atoms with van der Waals surface area (Å²) in [6.07, 6.45) is 0. The Bertz CT molecular complexity index is 319. The second-order valence-electron chi connectivity index (χ2n) is 3.91. The highest BCUT2D eigenvalue weighted by Gasteiger charge is 2.08. The Morgan fingerprint density at radius 1 is 1.27 bits per heavy atom. The fourth-order valence-corrected chi connectivity index (χ4v) is 1.76. The molecule has 0 saturated carbocycles. The van der Waals surface area contributed by atoms with Crippen LogP contribution in [0, 0.1) is 0 Å². The van der Waals surface area contributed by atoms with Crippen molar-refractivity contribution in [3.05, 3.63) is 22.8 Å². The van der Waals surface area contributed by atoms with Gasteiger partial charge in [-0.25, -0.2) is 4.98 Å². The molecule has 0 spiro atoms. The maximum absolute atomic E-state index is 6.01. The maximum Gasteiger partial charge on any atom is 0.131 e. The molecule has 0 aromatic carbocycles. The van der Waals surface area contributed by atoms with Gasteiger partial charge in [-0.2, -0.15) is 0 Å². The smallest absolute Gasteiger partial charge is 0.131 e. The first-order chi connectivity index (χ1) is 7.08. The highest BCUT2D eigenvalue weighted by Crippen LogP contribution is 2.23. The Morgan fingerprint density at radius 3 is 2.33 bits per heavy atom. The number of anilines is 1. The van der Waals surface area contributed by atoms with Gasteiger partial charge in [0.1, 0.15) is 11.0 Å². The second kappa shape index (κ2) is 5.36. The molecule has 0 N–H and O–H groups in total. The monoisotopic (exact) mass is 226 g/mol. The van der Waals surface area contributed by atoms with Crippen LogP contribution in [-0.4, -0.2) is 18.1 Å². The van der Waals surface area contributed by atoms with Crippen LogP contribution in [0.5, 0.6) is 0 Å². The summed E-state index contributed by atoms with van der Waals surface area (Å²) in [6.45, 7) is 10.5. The van der Waals surface area contributed by atoms with Gasteiger partial charge < -0.3 is 4.90 Å². The van der Waals surface area contributed by atoms with Crippen LogP contribution >= 0.6 is 11.6 Å². The number of halogens is 1. The molecule has 1 aromatic heterocycles. The van der Waals surface area contributed by atoms with Crippen LogP contribution in [0.3, 0.4) is 0 Å². The lowest BCUT2D eigenvalue weighted by Crippen LogP contribution is -2.23. The quantitative estimate of drug-likeness (QED) is 0.728. The lowest BCUT2D eigenvalue weighted by Gasteiger charge is -2.21. The highest BCUT2D eigenvalue weighted by molar-refractivity contribution is 6.29. The summed E-state index contributed by atoms with van der Waals surface area (Å²) >= 11 is 6.01. The molecule has 0 radical (unpaired) electrons. The van der Waals surface area contributed by atoms with E-state index in [1.807, 2.05) is 6.07 Å². The van der Waals surface area contributed by atoms with Crippen molar-refractivity contribution in [2.45, 2.75) is 33.6 Å². The van der Waals surface area contributed by atoms with Gasteiger partial charge in [-0.15, -0.1) is 0 Å². The van der Waals surface area contributed by atoms with Crippen molar-refractivity contribution in [2.24, 2.45) is 0 Å². The Morgan fingerprint density at radius 2 is 1.87 bits per heavy atom. The minimum atomic E-state index is 0.486. The van der Waals surface area contributed by atoms with E-state index in [-0.39, 0.29) is 0 Å². The zero-order valence-corrected chi connectivity index (χ0v) is 10.7. The fourth-order valence-electron chi connectivity index (χ4n) is 1.55. The zero-order chi connectivity index (χ0) is 11.4. The number of nitrogens with zero attached hydrogens (tertiary/aromatic N) is 2. The highest BCUT2D eigenvalue weighted by atomic mass is 35.5. The van der Waals surface area contributed by atoms with E-state index in [2.05, 4.69) is 43.6 Å². The van der Waals surface area contributed by atoms with Gasteiger partial charge in [-0.3, -0.25) is 0 Å². The lowest BCUT2D eigenvalue weighted by atomic mass is 10.1. The molecular formula is C12H19ClN2. The summed E-state index contributed by atoms with van der Waals surface area (Å²) in [6, 6.07) is 4.07. The SMILES string of the molecule is CCN(CC)c1cc(C(C)C)cc(Cl)n1. The van der Waals surface area contributed by atoms with E-state index in [0.717, 1.165) is 18.9 Å². The van der Waals surface area contributed by atoms with E-state index in [1.54, 1.807) is 0 Å². The van der Waals surface area contributed by atoms with Crippen molar-refractivity contribution in [1.82, 2.24) is 4.98 Å². The summed E-state index contributed by atoms with van der Waals surface area (Å²) in [4.78, 5) is 6.56. The summed E-state index contributed by atoms with van der Waals surface area (Å²) in [5, 5.41) is 0.586. The second-order valence-corrected chi connectivity index (χ2v) is 4.30. The molecule has 0 fully saturated rings. The van der Waals surface area contributed by atoms with Gasteiger partial charge in [0.05, 0.1) is 0 Å². The van der Waals surface area contributed by atoms with Gasteiger partial charge in [0.15, 0.2) is 0 Å². The number of hydrogen-bond acceptors (Lipinski definition) is 2. The minimum Gasteiger partial charge on any atom is -0.357 e. The average molecular weight is 227 g/mol. The Kier molecular flexibility index (Phi) is 4.40. The first-order valence-corrected chi connectivity index (χ1v) is 5.88. The molecule has 0 atom stereocenters. The molecular weight excluding hydrogens is 208 g/mol. The molecule has 3 heteroatoms. The van der Waals surface area contributed by atoms with Crippen LogP contribution in [0.4, 0.5) is 5.82 Å². The minimum absolute atomic E-state index is 0.486. The molecule has 0 unspecified atom stereocenters. The van der Waals surface area contributed by atoms with Crippen molar-refractivity contribution >= 4 is 17.4 Å². The van der Waals surface area contributed by atoms with Crippen molar-refractivity contribution in [3.63, 3.8) is 0 Å². The summed E-state index contributed by atoms with van der Waals surface area (Å²) in [5.74, 6) is 1.47. The first-order valence-electron chi connectivity index (χ1n) is 5.50. The van der Waals surface area contributed by atoms with E-state index in [1.165, 1.54) is 5.56 Å². The first kappa shape index (κ1) is 12.3. The van der Waals surface area contributed by atoms with Gasteiger partial charge in [-0.1, -0.05) is 25.4 Å².